The van der Waals surface area contributed by atoms with Crippen LogP contribution in [-0.4, -0.2) is 45.8 Å². The van der Waals surface area contributed by atoms with E-state index in [0.29, 0.717) is 11.3 Å². The number of hydrogen-bond donors (Lipinski definition) is 2. The second-order valence-electron chi connectivity index (χ2n) is 5.91. The van der Waals surface area contributed by atoms with Crippen LogP contribution in [0.3, 0.4) is 0 Å². The summed E-state index contributed by atoms with van der Waals surface area (Å²) in [5.74, 6) is 1.59. The molecule has 1 heterocycles. The highest BCUT2D eigenvalue weighted by Gasteiger charge is 2.25. The van der Waals surface area contributed by atoms with Gasteiger partial charge in [-0.2, -0.15) is 0 Å². The molecule has 2 N–H and O–H groups in total. The molecule has 0 amide bonds. The van der Waals surface area contributed by atoms with Gasteiger partial charge in [0, 0.05) is 53.8 Å². The summed E-state index contributed by atoms with van der Waals surface area (Å²) in [6.07, 6.45) is 8.93. The van der Waals surface area contributed by atoms with E-state index in [4.69, 9.17) is 0 Å². The summed E-state index contributed by atoms with van der Waals surface area (Å²) in [7, 11) is 1.11. The summed E-state index contributed by atoms with van der Waals surface area (Å²) >= 11 is 0. The van der Waals surface area contributed by atoms with E-state index >= 15 is 0 Å². The van der Waals surface area contributed by atoms with Gasteiger partial charge < -0.3 is 10.6 Å². The lowest BCUT2D eigenvalue weighted by Crippen LogP contribution is -2.47. The average Bonchev–Trinajstić information content (AvgIpc) is 2.61. The SMILES string of the molecule is CCS(=O)C1CCCC(NC(=NC)NCCc2cccnc2)C1.I. The van der Waals surface area contributed by atoms with Gasteiger partial charge in [0.25, 0.3) is 0 Å². The van der Waals surface area contributed by atoms with Crippen molar-refractivity contribution in [3.8, 4) is 0 Å². The van der Waals surface area contributed by atoms with Gasteiger partial charge in [0.2, 0.25) is 0 Å². The molecular formula is C17H29IN4OS. The molecule has 3 unspecified atom stereocenters. The molecule has 1 aromatic rings. The van der Waals surface area contributed by atoms with E-state index in [2.05, 4.69) is 26.7 Å². The molecule has 0 bridgehead atoms. The zero-order chi connectivity index (χ0) is 16.5. The lowest BCUT2D eigenvalue weighted by molar-refractivity contribution is 0.413. The van der Waals surface area contributed by atoms with Crippen molar-refractivity contribution < 1.29 is 4.21 Å². The predicted molar refractivity (Wildman–Crippen MR) is 113 cm³/mol. The first-order valence-electron chi connectivity index (χ1n) is 8.46. The van der Waals surface area contributed by atoms with Crippen LogP contribution in [0, 0.1) is 0 Å². The zero-order valence-corrected chi connectivity index (χ0v) is 17.7. The number of rotatable bonds is 6. The van der Waals surface area contributed by atoms with E-state index in [1.807, 2.05) is 19.2 Å². The number of aromatic nitrogens is 1. The number of hydrogen-bond acceptors (Lipinski definition) is 3. The fourth-order valence-electron chi connectivity index (χ4n) is 3.01. The lowest BCUT2D eigenvalue weighted by atomic mass is 9.95. The summed E-state index contributed by atoms with van der Waals surface area (Å²) < 4.78 is 12.0. The van der Waals surface area contributed by atoms with Crippen LogP contribution in [0.5, 0.6) is 0 Å². The fraction of sp³-hybridized carbons (Fsp3) is 0.647. The number of nitrogens with zero attached hydrogens (tertiary/aromatic N) is 2. The van der Waals surface area contributed by atoms with Gasteiger partial charge in [-0.1, -0.05) is 19.4 Å². The number of pyridine rings is 1. The maximum atomic E-state index is 12.0. The third-order valence-corrected chi connectivity index (χ3v) is 6.02. The van der Waals surface area contributed by atoms with Crippen molar-refractivity contribution in [2.45, 2.75) is 50.3 Å². The molecule has 5 nitrogen and oxygen atoms in total. The van der Waals surface area contributed by atoms with E-state index in [0.717, 1.165) is 50.4 Å². The fourth-order valence-corrected chi connectivity index (χ4v) is 4.36. The van der Waals surface area contributed by atoms with Crippen molar-refractivity contribution >= 4 is 40.7 Å². The van der Waals surface area contributed by atoms with Crippen molar-refractivity contribution in [1.82, 2.24) is 15.6 Å². The van der Waals surface area contributed by atoms with Crippen LogP contribution in [0.1, 0.15) is 38.2 Å². The molecule has 2 rings (SSSR count). The van der Waals surface area contributed by atoms with E-state index in [1.165, 1.54) is 5.56 Å². The van der Waals surface area contributed by atoms with E-state index < -0.39 is 10.8 Å². The Kier molecular flexibility index (Phi) is 10.5. The first-order chi connectivity index (χ1) is 11.2. The Balaban J connectivity index is 0.00000288. The Labute approximate surface area is 165 Å². The molecule has 1 saturated carbocycles. The third-order valence-electron chi connectivity index (χ3n) is 4.28. The number of nitrogens with one attached hydrogen (secondary N) is 2. The van der Waals surface area contributed by atoms with Crippen molar-refractivity contribution in [3.63, 3.8) is 0 Å². The maximum absolute atomic E-state index is 12.0. The standard InChI is InChI=1S/C17H28N4OS.HI/c1-3-23(22)16-8-4-7-15(12-16)21-17(18-2)20-11-9-14-6-5-10-19-13-14;/h5-6,10,13,15-16H,3-4,7-9,11-12H2,1-2H3,(H2,18,20,21);1H. The van der Waals surface area contributed by atoms with Crippen LogP contribution < -0.4 is 10.6 Å². The predicted octanol–water partition coefficient (Wildman–Crippen LogP) is 2.49. The summed E-state index contributed by atoms with van der Waals surface area (Å²) in [5, 5.41) is 7.18. The molecule has 0 spiro atoms. The molecule has 0 radical (unpaired) electrons. The highest BCUT2D eigenvalue weighted by Crippen LogP contribution is 2.22. The quantitative estimate of drug-likeness (QED) is 0.386. The molecule has 24 heavy (non-hydrogen) atoms. The Morgan fingerprint density at radius 1 is 1.46 bits per heavy atom. The third kappa shape index (κ3) is 7.04. The van der Waals surface area contributed by atoms with E-state index in [-0.39, 0.29) is 24.0 Å². The first kappa shape index (κ1) is 21.3. The van der Waals surface area contributed by atoms with Gasteiger partial charge >= 0.3 is 0 Å². The second kappa shape index (κ2) is 11.8. The van der Waals surface area contributed by atoms with Gasteiger partial charge in [0.15, 0.2) is 5.96 Å². The molecule has 7 heteroatoms. The minimum absolute atomic E-state index is 0. The maximum Gasteiger partial charge on any atom is 0.191 e. The van der Waals surface area contributed by atoms with Crippen LogP contribution in [-0.2, 0) is 17.2 Å². The molecule has 1 aliphatic rings. The molecule has 1 aromatic heterocycles. The molecule has 1 fully saturated rings. The van der Waals surface area contributed by atoms with Gasteiger partial charge in [-0.3, -0.25) is 14.2 Å². The van der Waals surface area contributed by atoms with Crippen molar-refractivity contribution in [2.24, 2.45) is 4.99 Å². The van der Waals surface area contributed by atoms with E-state index in [9.17, 15) is 4.21 Å². The Morgan fingerprint density at radius 3 is 2.96 bits per heavy atom. The minimum atomic E-state index is -0.688. The van der Waals surface area contributed by atoms with Crippen LogP contribution in [0.2, 0.25) is 0 Å². The van der Waals surface area contributed by atoms with E-state index in [1.54, 1.807) is 13.2 Å². The normalized spacial score (nSPS) is 22.3. The summed E-state index contributed by atoms with van der Waals surface area (Å²) in [6.45, 7) is 2.83. The van der Waals surface area contributed by atoms with Crippen LogP contribution >= 0.6 is 24.0 Å². The highest BCUT2D eigenvalue weighted by molar-refractivity contribution is 14.0. The van der Waals surface area contributed by atoms with Crippen molar-refractivity contribution in [1.29, 1.82) is 0 Å². The van der Waals surface area contributed by atoms with Gasteiger partial charge in [0.05, 0.1) is 0 Å². The monoisotopic (exact) mass is 464 g/mol. The summed E-state index contributed by atoms with van der Waals surface area (Å²) in [6, 6.07) is 4.41. The van der Waals surface area contributed by atoms with Gasteiger partial charge in [-0.05, 0) is 37.3 Å². The lowest BCUT2D eigenvalue weighted by Gasteiger charge is -2.30. The van der Waals surface area contributed by atoms with Gasteiger partial charge in [-0.25, -0.2) is 0 Å². The topological polar surface area (TPSA) is 66.4 Å². The molecule has 1 aliphatic carbocycles. The second-order valence-corrected chi connectivity index (χ2v) is 7.92. The number of halogens is 1. The van der Waals surface area contributed by atoms with Crippen LogP contribution in [0.4, 0.5) is 0 Å². The number of guanidine groups is 1. The zero-order valence-electron chi connectivity index (χ0n) is 14.5. The molecule has 0 aliphatic heterocycles. The minimum Gasteiger partial charge on any atom is -0.356 e. The number of aliphatic imine (C=N–C) groups is 1. The largest absolute Gasteiger partial charge is 0.356 e. The van der Waals surface area contributed by atoms with Gasteiger partial charge in [-0.15, -0.1) is 24.0 Å². The summed E-state index contributed by atoms with van der Waals surface area (Å²) in [5.41, 5.74) is 1.21. The smallest absolute Gasteiger partial charge is 0.191 e. The van der Waals surface area contributed by atoms with Crippen molar-refractivity contribution in [3.05, 3.63) is 30.1 Å². The average molecular weight is 464 g/mol. The van der Waals surface area contributed by atoms with Crippen LogP contribution in [0.25, 0.3) is 0 Å². The molecule has 0 saturated heterocycles. The molecule has 3 atom stereocenters. The Hall–Kier alpha value is -0.700. The van der Waals surface area contributed by atoms with Crippen molar-refractivity contribution in [2.75, 3.05) is 19.3 Å². The molecular weight excluding hydrogens is 435 g/mol. The highest BCUT2D eigenvalue weighted by atomic mass is 127. The molecule has 136 valence electrons. The first-order valence-corrected chi connectivity index (χ1v) is 9.84. The van der Waals surface area contributed by atoms with Crippen LogP contribution in [0.15, 0.2) is 29.5 Å². The Bertz CT molecular complexity index is 527. The summed E-state index contributed by atoms with van der Waals surface area (Å²) in [4.78, 5) is 8.43. The Morgan fingerprint density at radius 2 is 2.29 bits per heavy atom. The molecule has 0 aromatic carbocycles. The van der Waals surface area contributed by atoms with Gasteiger partial charge in [0.1, 0.15) is 0 Å².